The van der Waals surface area contributed by atoms with Crippen LogP contribution in [0.25, 0.3) is 11.2 Å². The van der Waals surface area contributed by atoms with Gasteiger partial charge in [0.15, 0.2) is 5.65 Å². The molecule has 18 heavy (non-hydrogen) atoms. The molecule has 2 aromatic rings. The number of nitrogens with zero attached hydrogens (tertiary/aromatic N) is 3. The monoisotopic (exact) mass is 287 g/mol. The van der Waals surface area contributed by atoms with Crippen molar-refractivity contribution in [3.8, 4) is 0 Å². The van der Waals surface area contributed by atoms with Gasteiger partial charge in [0.25, 0.3) is 0 Å². The Morgan fingerprint density at radius 1 is 1.39 bits per heavy atom. The number of fused-ring (bicyclic) bond motifs is 1. The quantitative estimate of drug-likeness (QED) is 0.794. The van der Waals surface area contributed by atoms with Crippen molar-refractivity contribution in [1.82, 2.24) is 14.5 Å². The van der Waals surface area contributed by atoms with Gasteiger partial charge in [-0.1, -0.05) is 11.6 Å². The van der Waals surface area contributed by atoms with E-state index in [0.717, 1.165) is 23.5 Å². The molecule has 0 unspecified atom stereocenters. The predicted octanol–water partition coefficient (Wildman–Crippen LogP) is 2.75. The Morgan fingerprint density at radius 3 is 2.89 bits per heavy atom. The third-order valence-corrected chi connectivity index (χ3v) is 4.08. The molecule has 0 amide bonds. The molecule has 0 aromatic carbocycles. The molecule has 0 saturated carbocycles. The minimum Gasteiger partial charge on any atom is -0.360 e. The summed E-state index contributed by atoms with van der Waals surface area (Å²) >= 11 is 5.84. The highest BCUT2D eigenvalue weighted by Crippen LogP contribution is 2.33. The molecule has 0 aliphatic heterocycles. The summed E-state index contributed by atoms with van der Waals surface area (Å²) in [6.45, 7) is 1.26. The molecule has 100 valence electrons. The van der Waals surface area contributed by atoms with Crippen LogP contribution in [0.1, 0.15) is 0 Å². The first kappa shape index (κ1) is 13.6. The Morgan fingerprint density at radius 2 is 2.17 bits per heavy atom. The molecule has 4 nitrogen and oxygen atoms in total. The van der Waals surface area contributed by atoms with E-state index in [4.69, 9.17) is 16.3 Å². The normalized spacial score (nSPS) is 13.1. The maximum atomic E-state index is 5.84. The predicted molar refractivity (Wildman–Crippen MR) is 78.7 cm³/mol. The summed E-state index contributed by atoms with van der Waals surface area (Å²) in [6.07, 6.45) is 10.3. The van der Waals surface area contributed by atoms with Crippen LogP contribution < -0.4 is 0 Å². The Hall–Kier alpha value is -0.780. The fraction of sp³-hybridized carbons (Fsp3) is 0.500. The van der Waals surface area contributed by atoms with Crippen LogP contribution in [0, 0.1) is 0 Å². The highest BCUT2D eigenvalue weighted by atomic mass is 35.5. The van der Waals surface area contributed by atoms with Crippen molar-refractivity contribution in [1.29, 1.82) is 0 Å². The highest BCUT2D eigenvalue weighted by molar-refractivity contribution is 8.32. The summed E-state index contributed by atoms with van der Waals surface area (Å²) in [4.78, 5) is 8.46. The lowest BCUT2D eigenvalue weighted by Gasteiger charge is -2.24. The van der Waals surface area contributed by atoms with Crippen LogP contribution in [0.15, 0.2) is 18.5 Å². The van der Waals surface area contributed by atoms with E-state index in [2.05, 4.69) is 28.7 Å². The Labute approximate surface area is 114 Å². The van der Waals surface area contributed by atoms with E-state index in [1.807, 2.05) is 16.8 Å². The topological polar surface area (TPSA) is 39.9 Å². The average molecular weight is 288 g/mol. The van der Waals surface area contributed by atoms with Crippen LogP contribution in [0.4, 0.5) is 0 Å². The van der Waals surface area contributed by atoms with Crippen LogP contribution in [0.2, 0.25) is 5.15 Å². The van der Waals surface area contributed by atoms with Crippen molar-refractivity contribution in [2.75, 3.05) is 31.1 Å². The van der Waals surface area contributed by atoms with Crippen LogP contribution in [-0.2, 0) is 11.5 Å². The minimum atomic E-state index is -0.498. The molecule has 6 heteroatoms. The van der Waals surface area contributed by atoms with Gasteiger partial charge in [-0.05, 0) is 24.8 Å². The smallest absolute Gasteiger partial charge is 0.162 e. The number of halogens is 1. The van der Waals surface area contributed by atoms with Gasteiger partial charge in [-0.15, -0.1) is 0 Å². The second kappa shape index (κ2) is 5.47. The molecular weight excluding hydrogens is 270 g/mol. The zero-order valence-electron chi connectivity index (χ0n) is 10.9. The molecule has 0 aliphatic rings. The zero-order valence-corrected chi connectivity index (χ0v) is 12.5. The summed E-state index contributed by atoms with van der Waals surface area (Å²) in [6, 6.07) is 1.91. The van der Waals surface area contributed by atoms with Crippen molar-refractivity contribution < 1.29 is 4.74 Å². The maximum Gasteiger partial charge on any atom is 0.162 e. The van der Waals surface area contributed by atoms with Crippen molar-refractivity contribution in [3.63, 3.8) is 0 Å². The summed E-state index contributed by atoms with van der Waals surface area (Å²) in [5.74, 6) is 1.11. The molecule has 2 heterocycles. The van der Waals surface area contributed by atoms with E-state index in [9.17, 15) is 0 Å². The number of rotatable bonds is 5. The van der Waals surface area contributed by atoms with Crippen molar-refractivity contribution in [3.05, 3.63) is 23.6 Å². The number of ether oxygens (including phenoxy) is 1. The summed E-state index contributed by atoms with van der Waals surface area (Å²) < 4.78 is 7.60. The largest absolute Gasteiger partial charge is 0.360 e. The molecular formula is C12H18ClN3OS. The molecule has 0 spiro atoms. The Kier molecular flexibility index (Phi) is 4.14. The molecule has 0 aliphatic carbocycles. The third kappa shape index (κ3) is 3.60. The first-order chi connectivity index (χ1) is 8.46. The molecule has 0 saturated heterocycles. The zero-order chi connectivity index (χ0) is 13.2. The van der Waals surface area contributed by atoms with Gasteiger partial charge < -0.3 is 9.30 Å². The van der Waals surface area contributed by atoms with Gasteiger partial charge in [0.1, 0.15) is 17.4 Å². The summed E-state index contributed by atoms with van der Waals surface area (Å²) in [7, 11) is -0.498. The molecule has 0 atom stereocenters. The molecule has 0 fully saturated rings. The van der Waals surface area contributed by atoms with E-state index in [-0.39, 0.29) is 0 Å². The molecule has 2 aromatic heterocycles. The van der Waals surface area contributed by atoms with Gasteiger partial charge in [0.2, 0.25) is 0 Å². The SMILES string of the molecule is CS(C)(C)CCOCn1ccc2ncc(Cl)nc21. The molecule has 0 radical (unpaired) electrons. The van der Waals surface area contributed by atoms with Gasteiger partial charge in [0.05, 0.1) is 12.8 Å². The first-order valence-corrected chi connectivity index (χ1v) is 9.07. The van der Waals surface area contributed by atoms with Crippen LogP contribution in [-0.4, -0.2) is 45.7 Å². The number of hydrogen-bond donors (Lipinski definition) is 0. The van der Waals surface area contributed by atoms with Crippen LogP contribution >= 0.6 is 21.6 Å². The first-order valence-electron chi connectivity index (χ1n) is 5.67. The third-order valence-electron chi connectivity index (χ3n) is 2.51. The second-order valence-electron chi connectivity index (χ2n) is 5.02. The maximum absolute atomic E-state index is 5.84. The van der Waals surface area contributed by atoms with E-state index in [1.54, 1.807) is 6.20 Å². The Bertz CT molecular complexity index is 536. The van der Waals surface area contributed by atoms with E-state index >= 15 is 0 Å². The van der Waals surface area contributed by atoms with E-state index in [0.29, 0.717) is 11.9 Å². The summed E-state index contributed by atoms with van der Waals surface area (Å²) in [5, 5.41) is 0.404. The fourth-order valence-electron chi connectivity index (χ4n) is 1.50. The fourth-order valence-corrected chi connectivity index (χ4v) is 2.25. The average Bonchev–Trinajstić information content (AvgIpc) is 2.66. The highest BCUT2D eigenvalue weighted by Gasteiger charge is 2.06. The molecule has 0 bridgehead atoms. The molecule has 0 N–H and O–H groups in total. The van der Waals surface area contributed by atoms with Gasteiger partial charge in [0, 0.05) is 11.9 Å². The van der Waals surface area contributed by atoms with E-state index in [1.165, 1.54) is 0 Å². The lowest BCUT2D eigenvalue weighted by molar-refractivity contribution is 0.0923. The minimum absolute atomic E-state index is 0.404. The second-order valence-corrected chi connectivity index (χ2v) is 10.00. The van der Waals surface area contributed by atoms with Crippen molar-refractivity contribution in [2.45, 2.75) is 6.73 Å². The van der Waals surface area contributed by atoms with Gasteiger partial charge >= 0.3 is 0 Å². The van der Waals surface area contributed by atoms with E-state index < -0.39 is 10.0 Å². The number of hydrogen-bond acceptors (Lipinski definition) is 3. The van der Waals surface area contributed by atoms with Crippen LogP contribution in [0.3, 0.4) is 0 Å². The van der Waals surface area contributed by atoms with Crippen molar-refractivity contribution in [2.24, 2.45) is 0 Å². The lowest BCUT2D eigenvalue weighted by Crippen LogP contribution is -2.09. The van der Waals surface area contributed by atoms with Crippen LogP contribution in [0.5, 0.6) is 0 Å². The summed E-state index contributed by atoms with van der Waals surface area (Å²) in [5.41, 5.74) is 1.61. The lowest BCUT2D eigenvalue weighted by atomic mass is 10.5. The standard InChI is InChI=1S/C12H18ClN3OS/c1-18(2,3)7-6-17-9-16-5-4-10-12(16)15-11(13)8-14-10/h4-5,8H,6-7,9H2,1-3H3. The molecule has 2 rings (SSSR count). The number of aromatic nitrogens is 3. The van der Waals surface area contributed by atoms with Gasteiger partial charge in [-0.3, -0.25) is 0 Å². The van der Waals surface area contributed by atoms with Crippen molar-refractivity contribution >= 4 is 32.8 Å². The Balaban J connectivity index is 1.98. The van der Waals surface area contributed by atoms with Gasteiger partial charge in [-0.25, -0.2) is 20.0 Å². The van der Waals surface area contributed by atoms with Gasteiger partial charge in [-0.2, -0.15) is 0 Å².